The predicted octanol–water partition coefficient (Wildman–Crippen LogP) is 2.41. The van der Waals surface area contributed by atoms with Gasteiger partial charge in [0.05, 0.1) is 13.7 Å². The Hall–Kier alpha value is -2.28. The zero-order valence-electron chi connectivity index (χ0n) is 13.6. The fourth-order valence-corrected chi connectivity index (χ4v) is 2.20. The monoisotopic (exact) mass is 323 g/mol. The molecule has 2 rings (SSSR count). The molecule has 0 saturated carbocycles. The van der Waals surface area contributed by atoms with Gasteiger partial charge in [0.2, 0.25) is 0 Å². The first-order valence-electron chi connectivity index (χ1n) is 7.23. The summed E-state index contributed by atoms with van der Waals surface area (Å²) in [7, 11) is 1.55. The maximum Gasteiger partial charge on any atom is 0.412 e. The molecule has 2 atom stereocenters. The molecular weight excluding hydrogens is 302 g/mol. The average Bonchev–Trinajstić information content (AvgIpc) is 2.91. The smallest absolute Gasteiger partial charge is 0.412 e. The summed E-state index contributed by atoms with van der Waals surface area (Å²) < 4.78 is 15.9. The van der Waals surface area contributed by atoms with Gasteiger partial charge in [-0.15, -0.1) is 0 Å². The number of carboxylic acids is 1. The Balaban J connectivity index is 2.25. The van der Waals surface area contributed by atoms with Crippen molar-refractivity contribution in [1.29, 1.82) is 0 Å². The number of benzene rings is 1. The summed E-state index contributed by atoms with van der Waals surface area (Å²) in [4.78, 5) is 24.8. The number of carbonyl (C=O) groups excluding carboxylic acids is 1. The average molecular weight is 323 g/mol. The van der Waals surface area contributed by atoms with Crippen LogP contribution in [-0.2, 0) is 14.3 Å². The molecule has 1 aliphatic heterocycles. The van der Waals surface area contributed by atoms with Crippen molar-refractivity contribution in [2.45, 2.75) is 38.7 Å². The van der Waals surface area contributed by atoms with E-state index in [0.717, 1.165) is 0 Å². The zero-order valence-corrected chi connectivity index (χ0v) is 13.6. The summed E-state index contributed by atoms with van der Waals surface area (Å²) in [5.74, 6) is -0.458. The van der Waals surface area contributed by atoms with Crippen LogP contribution in [0.2, 0.25) is 0 Å². The van der Waals surface area contributed by atoms with Gasteiger partial charge in [-0.3, -0.25) is 4.90 Å². The second kappa shape index (κ2) is 6.45. The first-order chi connectivity index (χ1) is 10.7. The van der Waals surface area contributed by atoms with E-state index in [1.807, 2.05) is 0 Å². The van der Waals surface area contributed by atoms with Crippen LogP contribution in [0.5, 0.6) is 5.75 Å². The molecule has 23 heavy (non-hydrogen) atoms. The fourth-order valence-electron chi connectivity index (χ4n) is 2.20. The predicted molar refractivity (Wildman–Crippen MR) is 81.2 cm³/mol. The molecule has 1 aliphatic rings. The summed E-state index contributed by atoms with van der Waals surface area (Å²) in [5.41, 5.74) is -0.0246. The van der Waals surface area contributed by atoms with Gasteiger partial charge >= 0.3 is 12.1 Å². The lowest BCUT2D eigenvalue weighted by molar-refractivity contribution is -0.149. The molecule has 0 aliphatic carbocycles. The number of methoxy groups -OCH3 is 1. The van der Waals surface area contributed by atoms with Gasteiger partial charge in [0.1, 0.15) is 11.4 Å². The number of carbonyl (C=O) groups is 2. The fraction of sp³-hybridized carbons (Fsp3) is 0.500. The van der Waals surface area contributed by atoms with Crippen LogP contribution in [0, 0.1) is 0 Å². The van der Waals surface area contributed by atoms with E-state index in [1.54, 1.807) is 52.1 Å². The van der Waals surface area contributed by atoms with Gasteiger partial charge in [0, 0.05) is 5.56 Å². The van der Waals surface area contributed by atoms with Gasteiger partial charge in [0.25, 0.3) is 0 Å². The summed E-state index contributed by atoms with van der Waals surface area (Å²) in [6.07, 6.45) is -2.51. The molecule has 0 spiro atoms. The quantitative estimate of drug-likeness (QED) is 0.919. The third kappa shape index (κ3) is 4.13. The van der Waals surface area contributed by atoms with Gasteiger partial charge in [-0.25, -0.2) is 9.59 Å². The van der Waals surface area contributed by atoms with Crippen LogP contribution in [0.4, 0.5) is 4.79 Å². The lowest BCUT2D eigenvalue weighted by Gasteiger charge is -2.27. The van der Waals surface area contributed by atoms with Crippen LogP contribution in [0.15, 0.2) is 24.3 Å². The third-order valence-electron chi connectivity index (χ3n) is 3.24. The lowest BCUT2D eigenvalue weighted by Crippen LogP contribution is -2.37. The minimum atomic E-state index is -1.12. The van der Waals surface area contributed by atoms with Crippen LogP contribution >= 0.6 is 0 Å². The molecule has 1 aromatic carbocycles. The van der Waals surface area contributed by atoms with Crippen molar-refractivity contribution >= 4 is 12.1 Å². The normalized spacial score (nSPS) is 21.1. The van der Waals surface area contributed by atoms with E-state index >= 15 is 0 Å². The molecule has 0 aromatic heterocycles. The highest BCUT2D eigenvalue weighted by molar-refractivity contribution is 5.76. The summed E-state index contributed by atoms with van der Waals surface area (Å²) in [5, 5.41) is 9.17. The van der Waals surface area contributed by atoms with Crippen LogP contribution < -0.4 is 4.74 Å². The number of carboxylic acid groups (broad SMARTS) is 1. The van der Waals surface area contributed by atoms with E-state index in [0.29, 0.717) is 11.3 Å². The molecule has 1 fully saturated rings. The summed E-state index contributed by atoms with van der Waals surface area (Å²) in [6, 6.07) is 6.90. The highest BCUT2D eigenvalue weighted by atomic mass is 16.6. The van der Waals surface area contributed by atoms with Crippen LogP contribution in [0.3, 0.4) is 0 Å². The maximum atomic E-state index is 12.3. The number of nitrogens with zero attached hydrogens (tertiary/aromatic N) is 1. The minimum Gasteiger partial charge on any atom is -0.497 e. The molecule has 1 N–H and O–H groups in total. The number of hydrogen-bond acceptors (Lipinski definition) is 5. The minimum absolute atomic E-state index is 0.0685. The third-order valence-corrected chi connectivity index (χ3v) is 3.24. The van der Waals surface area contributed by atoms with Crippen molar-refractivity contribution in [3.8, 4) is 5.75 Å². The Kier molecular flexibility index (Phi) is 4.79. The van der Waals surface area contributed by atoms with Gasteiger partial charge in [0.15, 0.2) is 12.3 Å². The number of amides is 1. The number of ether oxygens (including phenoxy) is 3. The van der Waals surface area contributed by atoms with E-state index in [2.05, 4.69) is 0 Å². The second-order valence-corrected chi connectivity index (χ2v) is 6.22. The van der Waals surface area contributed by atoms with Crippen LogP contribution in [0.25, 0.3) is 0 Å². The molecule has 1 heterocycles. The van der Waals surface area contributed by atoms with Crippen molar-refractivity contribution in [2.75, 3.05) is 13.7 Å². The van der Waals surface area contributed by atoms with E-state index in [4.69, 9.17) is 19.3 Å². The lowest BCUT2D eigenvalue weighted by atomic mass is 10.2. The maximum absolute atomic E-state index is 12.3. The number of hydrogen-bond donors (Lipinski definition) is 1. The Bertz CT molecular complexity index is 577. The van der Waals surface area contributed by atoms with Gasteiger partial charge < -0.3 is 19.3 Å². The molecule has 2 unspecified atom stereocenters. The van der Waals surface area contributed by atoms with E-state index in [1.165, 1.54) is 4.90 Å². The summed E-state index contributed by atoms with van der Waals surface area (Å²) in [6.45, 7) is 5.18. The van der Waals surface area contributed by atoms with Crippen molar-refractivity contribution in [1.82, 2.24) is 4.90 Å². The number of aliphatic carboxylic acids is 1. The zero-order chi connectivity index (χ0) is 17.2. The Morgan fingerprint density at radius 1 is 1.26 bits per heavy atom. The topological polar surface area (TPSA) is 85.3 Å². The first-order valence-corrected chi connectivity index (χ1v) is 7.23. The van der Waals surface area contributed by atoms with Crippen LogP contribution in [0.1, 0.15) is 32.6 Å². The highest BCUT2D eigenvalue weighted by Crippen LogP contribution is 2.32. The van der Waals surface area contributed by atoms with E-state index < -0.39 is 30.0 Å². The largest absolute Gasteiger partial charge is 0.497 e. The van der Waals surface area contributed by atoms with Crippen LogP contribution in [-0.4, -0.2) is 47.4 Å². The van der Waals surface area contributed by atoms with Gasteiger partial charge in [-0.2, -0.15) is 0 Å². The van der Waals surface area contributed by atoms with Gasteiger partial charge in [-0.1, -0.05) is 12.1 Å². The standard InChI is InChI=1S/C16H21NO6/c1-16(2,3)23-15(20)17-9-12(14(18)19)22-13(17)10-5-7-11(21-4)8-6-10/h5-8,12-13H,9H2,1-4H3,(H,18,19). The highest BCUT2D eigenvalue weighted by Gasteiger charge is 2.42. The van der Waals surface area contributed by atoms with Crippen molar-refractivity contribution in [3.63, 3.8) is 0 Å². The van der Waals surface area contributed by atoms with E-state index in [9.17, 15) is 9.59 Å². The summed E-state index contributed by atoms with van der Waals surface area (Å²) >= 11 is 0. The number of rotatable bonds is 3. The molecule has 0 bridgehead atoms. The Morgan fingerprint density at radius 2 is 1.87 bits per heavy atom. The molecule has 0 radical (unpaired) electrons. The second-order valence-electron chi connectivity index (χ2n) is 6.22. The van der Waals surface area contributed by atoms with E-state index in [-0.39, 0.29) is 6.54 Å². The van der Waals surface area contributed by atoms with Gasteiger partial charge in [-0.05, 0) is 32.9 Å². The SMILES string of the molecule is COc1ccc(C2OC(C(=O)O)CN2C(=O)OC(C)(C)C)cc1. The Labute approximate surface area is 134 Å². The Morgan fingerprint density at radius 3 is 2.35 bits per heavy atom. The molecule has 7 nitrogen and oxygen atoms in total. The molecule has 1 aromatic rings. The van der Waals surface area contributed by atoms with Crippen molar-refractivity contribution in [3.05, 3.63) is 29.8 Å². The molecule has 1 amide bonds. The molecule has 7 heteroatoms. The molecule has 1 saturated heterocycles. The molecule has 126 valence electrons. The van der Waals surface area contributed by atoms with Crippen molar-refractivity contribution in [2.24, 2.45) is 0 Å². The molecular formula is C16H21NO6. The first kappa shape index (κ1) is 17.1. The van der Waals surface area contributed by atoms with Crippen molar-refractivity contribution < 1.29 is 28.9 Å².